The van der Waals surface area contributed by atoms with E-state index in [-0.39, 0.29) is 29.9 Å². The maximum atomic E-state index is 13.2. The minimum atomic E-state index is -0.361. The molecule has 2 aromatic carbocycles. The zero-order valence-electron chi connectivity index (χ0n) is 13.6. The molecular weight excluding hydrogens is 324 g/mol. The Labute approximate surface area is 144 Å². The average molecular weight is 341 g/mol. The summed E-state index contributed by atoms with van der Waals surface area (Å²) >= 11 is 0. The number of anilines is 1. The van der Waals surface area contributed by atoms with Crippen molar-refractivity contribution in [3.63, 3.8) is 0 Å². The van der Waals surface area contributed by atoms with E-state index in [1.165, 1.54) is 24.3 Å². The Balaban J connectivity index is 2.02. The summed E-state index contributed by atoms with van der Waals surface area (Å²) in [6, 6.07) is 11.6. The molecule has 25 heavy (non-hydrogen) atoms. The Kier molecular flexibility index (Phi) is 4.61. The van der Waals surface area contributed by atoms with E-state index in [0.29, 0.717) is 22.8 Å². The standard InChI is InChI=1S/C19H17F2N3O/c1-11(22)18-16(12-2-4-13(20)5-3-12)10-17(25)24-19(18)23-15-8-6-14(21)7-9-15/h2-9,16,22-23H,10H2,1H3,(H,24,25)/t16-/m0/s1. The van der Waals surface area contributed by atoms with Crippen LogP contribution >= 0.6 is 0 Å². The highest BCUT2D eigenvalue weighted by Gasteiger charge is 2.30. The van der Waals surface area contributed by atoms with Gasteiger partial charge >= 0.3 is 0 Å². The van der Waals surface area contributed by atoms with Gasteiger partial charge in [-0.15, -0.1) is 0 Å². The molecule has 1 heterocycles. The van der Waals surface area contributed by atoms with Crippen LogP contribution in [-0.4, -0.2) is 11.6 Å². The second kappa shape index (κ2) is 6.84. The number of nitrogens with one attached hydrogen (secondary N) is 3. The summed E-state index contributed by atoms with van der Waals surface area (Å²) in [5, 5.41) is 13.9. The van der Waals surface area contributed by atoms with Gasteiger partial charge in [-0.2, -0.15) is 0 Å². The summed E-state index contributed by atoms with van der Waals surface area (Å²) in [5.41, 5.74) is 2.26. The highest BCUT2D eigenvalue weighted by Crippen LogP contribution is 2.33. The number of hydrogen-bond donors (Lipinski definition) is 3. The van der Waals surface area contributed by atoms with E-state index in [4.69, 9.17) is 5.41 Å². The quantitative estimate of drug-likeness (QED) is 0.738. The highest BCUT2D eigenvalue weighted by molar-refractivity contribution is 6.01. The molecule has 0 fully saturated rings. The second-order valence-corrected chi connectivity index (χ2v) is 5.90. The maximum absolute atomic E-state index is 13.2. The Morgan fingerprint density at radius 1 is 1.08 bits per heavy atom. The SMILES string of the molecule is CC(=N)C1=C(Nc2ccc(F)cc2)NC(=O)C[C@H]1c1ccc(F)cc1. The zero-order valence-corrected chi connectivity index (χ0v) is 13.6. The van der Waals surface area contributed by atoms with E-state index >= 15 is 0 Å². The molecule has 1 aliphatic rings. The van der Waals surface area contributed by atoms with E-state index in [9.17, 15) is 13.6 Å². The van der Waals surface area contributed by atoms with Crippen LogP contribution in [0.25, 0.3) is 0 Å². The minimum absolute atomic E-state index is 0.172. The van der Waals surface area contributed by atoms with Crippen LogP contribution in [0, 0.1) is 17.0 Å². The predicted molar refractivity (Wildman–Crippen MR) is 92.4 cm³/mol. The fraction of sp³-hybridized carbons (Fsp3) is 0.158. The molecule has 1 aliphatic heterocycles. The molecule has 1 atom stereocenters. The number of allylic oxidation sites excluding steroid dienone is 1. The van der Waals surface area contributed by atoms with E-state index in [1.807, 2.05) is 0 Å². The van der Waals surface area contributed by atoms with Crippen LogP contribution in [0.2, 0.25) is 0 Å². The summed E-state index contributed by atoms with van der Waals surface area (Å²) in [4.78, 5) is 12.1. The highest BCUT2D eigenvalue weighted by atomic mass is 19.1. The number of carbonyl (C=O) groups excluding carboxylic acids is 1. The molecule has 128 valence electrons. The molecule has 0 saturated heterocycles. The molecule has 0 radical (unpaired) electrons. The molecule has 0 spiro atoms. The van der Waals surface area contributed by atoms with Gasteiger partial charge in [-0.1, -0.05) is 12.1 Å². The van der Waals surface area contributed by atoms with Crippen LogP contribution in [0.15, 0.2) is 59.9 Å². The predicted octanol–water partition coefficient (Wildman–Crippen LogP) is 3.93. The van der Waals surface area contributed by atoms with Crippen molar-refractivity contribution in [2.24, 2.45) is 0 Å². The molecule has 0 bridgehead atoms. The third-order valence-electron chi connectivity index (χ3n) is 4.06. The summed E-state index contributed by atoms with van der Waals surface area (Å²) in [5.74, 6) is -0.881. The fourth-order valence-corrected chi connectivity index (χ4v) is 2.92. The molecule has 6 heteroatoms. The molecule has 0 aliphatic carbocycles. The van der Waals surface area contributed by atoms with Crippen LogP contribution in [-0.2, 0) is 4.79 Å². The smallest absolute Gasteiger partial charge is 0.226 e. The van der Waals surface area contributed by atoms with Gasteiger partial charge in [0.05, 0.1) is 0 Å². The lowest BCUT2D eigenvalue weighted by Crippen LogP contribution is -2.37. The van der Waals surface area contributed by atoms with E-state index in [1.54, 1.807) is 31.2 Å². The molecule has 3 rings (SSSR count). The van der Waals surface area contributed by atoms with Gasteiger partial charge in [0.25, 0.3) is 0 Å². The van der Waals surface area contributed by atoms with Crippen LogP contribution < -0.4 is 10.6 Å². The first-order valence-electron chi connectivity index (χ1n) is 7.81. The third-order valence-corrected chi connectivity index (χ3v) is 4.06. The van der Waals surface area contributed by atoms with Crippen molar-refractivity contribution < 1.29 is 13.6 Å². The van der Waals surface area contributed by atoms with Crippen molar-refractivity contribution in [2.75, 3.05) is 5.32 Å². The number of amides is 1. The van der Waals surface area contributed by atoms with Crippen LogP contribution in [0.3, 0.4) is 0 Å². The summed E-state index contributed by atoms with van der Waals surface area (Å²) in [7, 11) is 0. The van der Waals surface area contributed by atoms with Crippen LogP contribution in [0.4, 0.5) is 14.5 Å². The van der Waals surface area contributed by atoms with Gasteiger partial charge in [-0.05, 0) is 48.9 Å². The number of hydrogen-bond acceptors (Lipinski definition) is 3. The van der Waals surface area contributed by atoms with Gasteiger partial charge in [0.2, 0.25) is 5.91 Å². The Morgan fingerprint density at radius 3 is 2.20 bits per heavy atom. The van der Waals surface area contributed by atoms with E-state index < -0.39 is 0 Å². The second-order valence-electron chi connectivity index (χ2n) is 5.90. The fourth-order valence-electron chi connectivity index (χ4n) is 2.92. The first-order chi connectivity index (χ1) is 11.9. The Morgan fingerprint density at radius 2 is 1.64 bits per heavy atom. The van der Waals surface area contributed by atoms with Gasteiger partial charge in [-0.3, -0.25) is 4.79 Å². The summed E-state index contributed by atoms with van der Waals surface area (Å²) < 4.78 is 26.3. The Hall–Kier alpha value is -3.02. The lowest BCUT2D eigenvalue weighted by atomic mass is 9.83. The number of halogens is 2. The van der Waals surface area contributed by atoms with Crippen molar-refractivity contribution >= 4 is 17.3 Å². The molecular formula is C19H17F2N3O. The number of carbonyl (C=O) groups is 1. The first kappa shape index (κ1) is 16.8. The van der Waals surface area contributed by atoms with Crippen LogP contribution in [0.5, 0.6) is 0 Å². The molecule has 0 saturated carbocycles. The monoisotopic (exact) mass is 341 g/mol. The molecule has 4 nitrogen and oxygen atoms in total. The van der Waals surface area contributed by atoms with Gasteiger partial charge < -0.3 is 16.0 Å². The number of rotatable bonds is 4. The topological polar surface area (TPSA) is 65.0 Å². The van der Waals surface area contributed by atoms with Crippen LogP contribution in [0.1, 0.15) is 24.8 Å². The lowest BCUT2D eigenvalue weighted by Gasteiger charge is -2.29. The Bertz CT molecular complexity index is 842. The third kappa shape index (κ3) is 3.74. The van der Waals surface area contributed by atoms with Crippen molar-refractivity contribution in [1.29, 1.82) is 5.41 Å². The van der Waals surface area contributed by atoms with E-state index in [2.05, 4.69) is 10.6 Å². The van der Waals surface area contributed by atoms with Gasteiger partial charge in [0.15, 0.2) is 0 Å². The zero-order chi connectivity index (χ0) is 18.0. The normalized spacial score (nSPS) is 17.2. The lowest BCUT2D eigenvalue weighted by molar-refractivity contribution is -0.121. The van der Waals surface area contributed by atoms with Crippen molar-refractivity contribution in [3.05, 3.63) is 77.1 Å². The molecule has 3 N–H and O–H groups in total. The van der Waals surface area contributed by atoms with Gasteiger partial charge in [-0.25, -0.2) is 8.78 Å². The summed E-state index contributed by atoms with van der Waals surface area (Å²) in [6.45, 7) is 1.63. The van der Waals surface area contributed by atoms with E-state index in [0.717, 1.165) is 5.56 Å². The average Bonchev–Trinajstić information content (AvgIpc) is 2.57. The van der Waals surface area contributed by atoms with Crippen molar-refractivity contribution in [1.82, 2.24) is 5.32 Å². The molecule has 0 unspecified atom stereocenters. The van der Waals surface area contributed by atoms with Crippen molar-refractivity contribution in [2.45, 2.75) is 19.3 Å². The molecule has 1 amide bonds. The minimum Gasteiger partial charge on any atom is -0.341 e. The molecule has 0 aromatic heterocycles. The summed E-state index contributed by atoms with van der Waals surface area (Å²) in [6.07, 6.45) is 0.172. The van der Waals surface area contributed by atoms with Gasteiger partial charge in [0, 0.05) is 29.3 Å². The molecule has 2 aromatic rings. The number of benzene rings is 2. The maximum Gasteiger partial charge on any atom is 0.226 e. The largest absolute Gasteiger partial charge is 0.341 e. The van der Waals surface area contributed by atoms with Crippen molar-refractivity contribution in [3.8, 4) is 0 Å². The van der Waals surface area contributed by atoms with Gasteiger partial charge in [0.1, 0.15) is 17.5 Å². The first-order valence-corrected chi connectivity index (χ1v) is 7.81.